The summed E-state index contributed by atoms with van der Waals surface area (Å²) >= 11 is 0. The Morgan fingerprint density at radius 2 is 2.00 bits per heavy atom. The first kappa shape index (κ1) is 11.3. The molecule has 2 unspecified atom stereocenters. The molecule has 0 spiro atoms. The lowest BCUT2D eigenvalue weighted by Crippen LogP contribution is -2.25. The highest BCUT2D eigenvalue weighted by Gasteiger charge is 2.38. The molecule has 1 aromatic rings. The maximum absolute atomic E-state index is 4.78. The summed E-state index contributed by atoms with van der Waals surface area (Å²) < 4.78 is 2.32. The van der Waals surface area contributed by atoms with E-state index in [0.29, 0.717) is 6.04 Å². The van der Waals surface area contributed by atoms with Crippen LogP contribution in [0.5, 0.6) is 0 Å². The van der Waals surface area contributed by atoms with Crippen LogP contribution in [0.1, 0.15) is 62.7 Å². The molecule has 2 atom stereocenters. The predicted octanol–water partition coefficient (Wildman–Crippen LogP) is 3.90. The average molecular weight is 232 g/mol. The quantitative estimate of drug-likeness (QED) is 0.773. The second-order valence-electron chi connectivity index (χ2n) is 5.93. The van der Waals surface area contributed by atoms with Crippen molar-refractivity contribution < 1.29 is 0 Å². The van der Waals surface area contributed by atoms with Gasteiger partial charge in [0, 0.05) is 6.20 Å². The third-order valence-electron chi connectivity index (χ3n) is 4.75. The first-order valence-corrected chi connectivity index (χ1v) is 7.34. The molecule has 3 rings (SSSR count). The molecule has 2 nitrogen and oxygen atoms in total. The summed E-state index contributed by atoms with van der Waals surface area (Å²) in [6, 6.07) is 0.704. The van der Waals surface area contributed by atoms with E-state index in [0.717, 1.165) is 18.3 Å². The zero-order valence-electron chi connectivity index (χ0n) is 11.2. The highest BCUT2D eigenvalue weighted by Crippen LogP contribution is 2.48. The summed E-state index contributed by atoms with van der Waals surface area (Å²) in [5, 5.41) is 4.78. The minimum atomic E-state index is 0.704. The van der Waals surface area contributed by atoms with Crippen molar-refractivity contribution in [2.24, 2.45) is 11.8 Å². The fraction of sp³-hybridized carbons (Fsp3) is 0.800. The van der Waals surface area contributed by atoms with E-state index in [1.54, 1.807) is 0 Å². The van der Waals surface area contributed by atoms with E-state index in [1.165, 1.54) is 49.8 Å². The topological polar surface area (TPSA) is 17.8 Å². The SMILES string of the molecule is CCc1cn(C2CCCCC2C2CC2)nc1C. The Hall–Kier alpha value is -0.790. The number of hydrogen-bond acceptors (Lipinski definition) is 1. The Bertz CT molecular complexity index is 390. The standard InChI is InChI=1S/C15H24N2/c1-3-12-10-17(16-11(12)2)15-7-5-4-6-14(15)13-8-9-13/h10,13-15H,3-9H2,1-2H3. The van der Waals surface area contributed by atoms with Crippen LogP contribution in [0, 0.1) is 18.8 Å². The Balaban J connectivity index is 1.84. The van der Waals surface area contributed by atoms with Gasteiger partial charge in [0.2, 0.25) is 0 Å². The van der Waals surface area contributed by atoms with Gasteiger partial charge in [0.1, 0.15) is 0 Å². The summed E-state index contributed by atoms with van der Waals surface area (Å²) in [6.07, 6.45) is 12.0. The number of hydrogen-bond donors (Lipinski definition) is 0. The van der Waals surface area contributed by atoms with E-state index in [4.69, 9.17) is 5.10 Å². The minimum absolute atomic E-state index is 0.704. The predicted molar refractivity (Wildman–Crippen MR) is 70.1 cm³/mol. The zero-order chi connectivity index (χ0) is 11.8. The van der Waals surface area contributed by atoms with E-state index in [-0.39, 0.29) is 0 Å². The molecule has 17 heavy (non-hydrogen) atoms. The molecule has 2 fully saturated rings. The molecule has 1 heterocycles. The molecule has 2 aliphatic rings. The van der Waals surface area contributed by atoms with E-state index in [2.05, 4.69) is 24.7 Å². The van der Waals surface area contributed by atoms with Gasteiger partial charge in [-0.2, -0.15) is 5.10 Å². The van der Waals surface area contributed by atoms with Gasteiger partial charge < -0.3 is 0 Å². The van der Waals surface area contributed by atoms with Gasteiger partial charge in [-0.25, -0.2) is 0 Å². The van der Waals surface area contributed by atoms with E-state index < -0.39 is 0 Å². The number of aromatic nitrogens is 2. The summed E-state index contributed by atoms with van der Waals surface area (Å²) in [5.41, 5.74) is 2.68. The van der Waals surface area contributed by atoms with Gasteiger partial charge in [0.05, 0.1) is 11.7 Å². The van der Waals surface area contributed by atoms with Crippen molar-refractivity contribution in [3.63, 3.8) is 0 Å². The molecule has 0 amide bonds. The van der Waals surface area contributed by atoms with Crippen molar-refractivity contribution in [2.75, 3.05) is 0 Å². The van der Waals surface area contributed by atoms with Crippen molar-refractivity contribution in [3.05, 3.63) is 17.5 Å². The first-order chi connectivity index (χ1) is 8.29. The monoisotopic (exact) mass is 232 g/mol. The molecule has 94 valence electrons. The number of nitrogens with zero attached hydrogens (tertiary/aromatic N) is 2. The molecular formula is C15H24N2. The largest absolute Gasteiger partial charge is 0.269 e. The van der Waals surface area contributed by atoms with Crippen LogP contribution in [0.2, 0.25) is 0 Å². The lowest BCUT2D eigenvalue weighted by molar-refractivity contribution is 0.199. The average Bonchev–Trinajstić information content (AvgIpc) is 3.13. The Morgan fingerprint density at radius 1 is 1.24 bits per heavy atom. The number of rotatable bonds is 3. The van der Waals surface area contributed by atoms with Crippen LogP contribution >= 0.6 is 0 Å². The van der Waals surface area contributed by atoms with Crippen LogP contribution in [0.25, 0.3) is 0 Å². The third-order valence-corrected chi connectivity index (χ3v) is 4.75. The van der Waals surface area contributed by atoms with Crippen LogP contribution in [0.3, 0.4) is 0 Å². The smallest absolute Gasteiger partial charge is 0.0625 e. The molecule has 0 aliphatic heterocycles. The third kappa shape index (κ3) is 2.14. The zero-order valence-corrected chi connectivity index (χ0v) is 11.2. The second-order valence-corrected chi connectivity index (χ2v) is 5.93. The van der Waals surface area contributed by atoms with Crippen molar-refractivity contribution >= 4 is 0 Å². The molecule has 2 aliphatic carbocycles. The van der Waals surface area contributed by atoms with Gasteiger partial charge in [-0.1, -0.05) is 19.8 Å². The van der Waals surface area contributed by atoms with Crippen LogP contribution in [-0.2, 0) is 6.42 Å². The van der Waals surface area contributed by atoms with Gasteiger partial charge in [0.15, 0.2) is 0 Å². The molecule has 0 bridgehead atoms. The lowest BCUT2D eigenvalue weighted by Gasteiger charge is -2.32. The van der Waals surface area contributed by atoms with Gasteiger partial charge in [0.25, 0.3) is 0 Å². The molecule has 0 radical (unpaired) electrons. The van der Waals surface area contributed by atoms with Gasteiger partial charge >= 0.3 is 0 Å². The Kier molecular flexibility index (Phi) is 2.97. The van der Waals surface area contributed by atoms with Crippen LogP contribution in [0.4, 0.5) is 0 Å². The van der Waals surface area contributed by atoms with E-state index >= 15 is 0 Å². The molecule has 2 heteroatoms. The summed E-state index contributed by atoms with van der Waals surface area (Å²) in [6.45, 7) is 4.39. The maximum Gasteiger partial charge on any atom is 0.0625 e. The fourth-order valence-corrected chi connectivity index (χ4v) is 3.58. The first-order valence-electron chi connectivity index (χ1n) is 7.34. The molecule has 2 saturated carbocycles. The van der Waals surface area contributed by atoms with Crippen molar-refractivity contribution in [3.8, 4) is 0 Å². The lowest BCUT2D eigenvalue weighted by atomic mass is 9.81. The minimum Gasteiger partial charge on any atom is -0.269 e. The molecule has 0 saturated heterocycles. The highest BCUT2D eigenvalue weighted by molar-refractivity contribution is 5.15. The second kappa shape index (κ2) is 4.47. The van der Waals surface area contributed by atoms with Crippen LogP contribution < -0.4 is 0 Å². The molecule has 0 aromatic carbocycles. The molecule has 0 N–H and O–H groups in total. The van der Waals surface area contributed by atoms with Crippen molar-refractivity contribution in [1.82, 2.24) is 9.78 Å². The Labute approximate surface area is 104 Å². The maximum atomic E-state index is 4.78. The highest BCUT2D eigenvalue weighted by atomic mass is 15.3. The van der Waals surface area contributed by atoms with Crippen LogP contribution in [0.15, 0.2) is 6.20 Å². The van der Waals surface area contributed by atoms with Crippen molar-refractivity contribution in [1.29, 1.82) is 0 Å². The van der Waals surface area contributed by atoms with Gasteiger partial charge in [-0.3, -0.25) is 4.68 Å². The van der Waals surface area contributed by atoms with Crippen LogP contribution in [-0.4, -0.2) is 9.78 Å². The van der Waals surface area contributed by atoms with Gasteiger partial charge in [-0.15, -0.1) is 0 Å². The fourth-order valence-electron chi connectivity index (χ4n) is 3.58. The molecular weight excluding hydrogens is 208 g/mol. The summed E-state index contributed by atoms with van der Waals surface area (Å²) in [4.78, 5) is 0. The van der Waals surface area contributed by atoms with E-state index in [1.807, 2.05) is 0 Å². The van der Waals surface area contributed by atoms with Crippen molar-refractivity contribution in [2.45, 2.75) is 64.8 Å². The number of aryl methyl sites for hydroxylation is 2. The molecule has 1 aromatic heterocycles. The summed E-state index contributed by atoms with van der Waals surface area (Å²) in [5.74, 6) is 1.95. The normalized spacial score (nSPS) is 29.5. The Morgan fingerprint density at radius 3 is 2.65 bits per heavy atom. The van der Waals surface area contributed by atoms with Gasteiger partial charge in [-0.05, 0) is 56.4 Å². The summed E-state index contributed by atoms with van der Waals surface area (Å²) in [7, 11) is 0. The van der Waals surface area contributed by atoms with E-state index in [9.17, 15) is 0 Å².